The smallest absolute Gasteiger partial charge is 0.127 e. The highest BCUT2D eigenvalue weighted by Gasteiger charge is 2.12. The molecular weight excluding hydrogens is 246 g/mol. The number of benzene rings is 2. The Morgan fingerprint density at radius 3 is 2.50 bits per heavy atom. The first kappa shape index (κ1) is 14.6. The van der Waals surface area contributed by atoms with Crippen molar-refractivity contribution in [2.24, 2.45) is 0 Å². The number of aryl methyl sites for hydroxylation is 1. The minimum atomic E-state index is 0.0534. The van der Waals surface area contributed by atoms with E-state index in [-0.39, 0.29) is 6.10 Å². The number of ether oxygens (including phenoxy) is 1. The zero-order valence-electron chi connectivity index (χ0n) is 12.5. The summed E-state index contributed by atoms with van der Waals surface area (Å²) in [5.74, 6) is 1.00. The molecule has 0 saturated carbocycles. The van der Waals surface area contributed by atoms with Crippen molar-refractivity contribution in [2.75, 3.05) is 6.54 Å². The molecule has 106 valence electrons. The lowest BCUT2D eigenvalue weighted by molar-refractivity contribution is 0.222. The second kappa shape index (κ2) is 7.11. The van der Waals surface area contributed by atoms with Gasteiger partial charge in [0.25, 0.3) is 0 Å². The molecule has 2 aromatic rings. The fraction of sp³-hybridized carbons (Fsp3) is 0.333. The predicted octanol–water partition coefficient (Wildman–Crippen LogP) is 4.24. The molecule has 0 radical (unpaired) electrons. The molecule has 0 aliphatic heterocycles. The molecule has 0 fully saturated rings. The third kappa shape index (κ3) is 3.61. The summed E-state index contributed by atoms with van der Waals surface area (Å²) < 4.78 is 6.22. The maximum Gasteiger partial charge on any atom is 0.127 e. The number of rotatable bonds is 6. The van der Waals surface area contributed by atoms with Crippen molar-refractivity contribution in [1.29, 1.82) is 0 Å². The predicted molar refractivity (Wildman–Crippen MR) is 84.0 cm³/mol. The average Bonchev–Trinajstić information content (AvgIpc) is 2.48. The highest BCUT2D eigenvalue weighted by Crippen LogP contribution is 2.28. The van der Waals surface area contributed by atoms with Gasteiger partial charge in [-0.05, 0) is 31.5 Å². The molecule has 2 aromatic carbocycles. The van der Waals surface area contributed by atoms with Crippen LogP contribution in [-0.4, -0.2) is 6.54 Å². The summed E-state index contributed by atoms with van der Waals surface area (Å²) in [4.78, 5) is 0. The Hall–Kier alpha value is -1.80. The second-order valence-corrected chi connectivity index (χ2v) is 5.01. The molecule has 2 heteroatoms. The third-order valence-corrected chi connectivity index (χ3v) is 3.42. The molecule has 0 aromatic heterocycles. The van der Waals surface area contributed by atoms with Gasteiger partial charge in [-0.1, -0.05) is 55.5 Å². The first-order valence-corrected chi connectivity index (χ1v) is 7.23. The van der Waals surface area contributed by atoms with Crippen molar-refractivity contribution < 1.29 is 4.74 Å². The van der Waals surface area contributed by atoms with Crippen LogP contribution in [0.3, 0.4) is 0 Å². The Labute approximate surface area is 121 Å². The molecular formula is C18H23NO. The van der Waals surface area contributed by atoms with Crippen LogP contribution < -0.4 is 10.1 Å². The summed E-state index contributed by atoms with van der Waals surface area (Å²) in [6.45, 7) is 8.11. The third-order valence-electron chi connectivity index (χ3n) is 3.42. The van der Waals surface area contributed by atoms with Crippen LogP contribution in [0.15, 0.2) is 48.5 Å². The van der Waals surface area contributed by atoms with E-state index in [2.05, 4.69) is 56.4 Å². The highest BCUT2D eigenvalue weighted by molar-refractivity contribution is 5.41. The Balaban J connectivity index is 2.19. The van der Waals surface area contributed by atoms with Gasteiger partial charge in [-0.2, -0.15) is 0 Å². The van der Waals surface area contributed by atoms with Crippen LogP contribution in [0.25, 0.3) is 0 Å². The van der Waals surface area contributed by atoms with Gasteiger partial charge in [-0.3, -0.25) is 0 Å². The van der Waals surface area contributed by atoms with Crippen molar-refractivity contribution in [3.8, 4) is 5.75 Å². The zero-order valence-corrected chi connectivity index (χ0v) is 12.5. The molecule has 0 saturated heterocycles. The number of para-hydroxylation sites is 1. The SMILES string of the molecule is CCNCc1cccc(C)c1OC(C)c1ccccc1. The van der Waals surface area contributed by atoms with Gasteiger partial charge in [-0.15, -0.1) is 0 Å². The standard InChI is InChI=1S/C18H23NO/c1-4-19-13-17-12-8-9-14(2)18(17)20-15(3)16-10-6-5-7-11-16/h5-12,15,19H,4,13H2,1-3H3. The Bertz CT molecular complexity index is 536. The highest BCUT2D eigenvalue weighted by atomic mass is 16.5. The second-order valence-electron chi connectivity index (χ2n) is 5.01. The fourth-order valence-corrected chi connectivity index (χ4v) is 2.25. The molecule has 0 spiro atoms. The van der Waals surface area contributed by atoms with Crippen molar-refractivity contribution in [1.82, 2.24) is 5.32 Å². The van der Waals surface area contributed by atoms with Crippen LogP contribution >= 0.6 is 0 Å². The van der Waals surface area contributed by atoms with Gasteiger partial charge in [0.1, 0.15) is 11.9 Å². The molecule has 20 heavy (non-hydrogen) atoms. The first-order valence-electron chi connectivity index (χ1n) is 7.23. The first-order chi connectivity index (χ1) is 9.72. The molecule has 0 amide bonds. The van der Waals surface area contributed by atoms with Crippen LogP contribution in [0, 0.1) is 6.92 Å². The zero-order chi connectivity index (χ0) is 14.4. The van der Waals surface area contributed by atoms with Crippen LogP contribution in [0.4, 0.5) is 0 Å². The van der Waals surface area contributed by atoms with E-state index in [0.717, 1.165) is 18.8 Å². The van der Waals surface area contributed by atoms with Gasteiger partial charge in [0, 0.05) is 12.1 Å². The van der Waals surface area contributed by atoms with E-state index in [0.29, 0.717) is 0 Å². The molecule has 0 heterocycles. The van der Waals surface area contributed by atoms with Crippen molar-refractivity contribution in [3.05, 3.63) is 65.2 Å². The summed E-state index contributed by atoms with van der Waals surface area (Å²) in [6, 6.07) is 16.6. The lowest BCUT2D eigenvalue weighted by Crippen LogP contribution is -2.14. The molecule has 0 aliphatic rings. The quantitative estimate of drug-likeness (QED) is 0.846. The van der Waals surface area contributed by atoms with Crippen LogP contribution in [-0.2, 0) is 6.54 Å². The molecule has 2 nitrogen and oxygen atoms in total. The Morgan fingerprint density at radius 1 is 1.05 bits per heavy atom. The summed E-state index contributed by atoms with van der Waals surface area (Å²) in [7, 11) is 0. The molecule has 1 N–H and O–H groups in total. The minimum Gasteiger partial charge on any atom is -0.485 e. The van der Waals surface area contributed by atoms with E-state index in [9.17, 15) is 0 Å². The topological polar surface area (TPSA) is 21.3 Å². The van der Waals surface area contributed by atoms with Crippen molar-refractivity contribution >= 4 is 0 Å². The monoisotopic (exact) mass is 269 g/mol. The van der Waals surface area contributed by atoms with E-state index in [4.69, 9.17) is 4.74 Å². The molecule has 1 atom stereocenters. The van der Waals surface area contributed by atoms with Gasteiger partial charge < -0.3 is 10.1 Å². The molecule has 1 unspecified atom stereocenters. The van der Waals surface area contributed by atoms with Crippen molar-refractivity contribution in [2.45, 2.75) is 33.4 Å². The number of hydrogen-bond donors (Lipinski definition) is 1. The van der Waals surface area contributed by atoms with Crippen LogP contribution in [0.1, 0.15) is 36.6 Å². The minimum absolute atomic E-state index is 0.0534. The Morgan fingerprint density at radius 2 is 1.80 bits per heavy atom. The summed E-state index contributed by atoms with van der Waals surface area (Å²) in [5.41, 5.74) is 3.60. The van der Waals surface area contributed by atoms with Gasteiger partial charge >= 0.3 is 0 Å². The number of hydrogen-bond acceptors (Lipinski definition) is 2. The van der Waals surface area contributed by atoms with Gasteiger partial charge in [0.05, 0.1) is 0 Å². The lowest BCUT2D eigenvalue weighted by atomic mass is 10.1. The Kier molecular flexibility index (Phi) is 5.19. The molecule has 0 aliphatic carbocycles. The van der Waals surface area contributed by atoms with Crippen LogP contribution in [0.2, 0.25) is 0 Å². The van der Waals surface area contributed by atoms with Crippen LogP contribution in [0.5, 0.6) is 5.75 Å². The van der Waals surface area contributed by atoms with Gasteiger partial charge in [0.15, 0.2) is 0 Å². The summed E-state index contributed by atoms with van der Waals surface area (Å²) in [6.07, 6.45) is 0.0534. The average molecular weight is 269 g/mol. The van der Waals surface area contributed by atoms with Gasteiger partial charge in [0.2, 0.25) is 0 Å². The van der Waals surface area contributed by atoms with Crippen molar-refractivity contribution in [3.63, 3.8) is 0 Å². The molecule has 0 bridgehead atoms. The summed E-state index contributed by atoms with van der Waals surface area (Å²) >= 11 is 0. The number of nitrogens with one attached hydrogen (secondary N) is 1. The van der Waals surface area contributed by atoms with E-state index >= 15 is 0 Å². The van der Waals surface area contributed by atoms with E-state index in [1.807, 2.05) is 18.2 Å². The fourth-order valence-electron chi connectivity index (χ4n) is 2.25. The molecule has 2 rings (SSSR count). The maximum absolute atomic E-state index is 6.22. The van der Waals surface area contributed by atoms with E-state index in [1.165, 1.54) is 16.7 Å². The van der Waals surface area contributed by atoms with E-state index < -0.39 is 0 Å². The van der Waals surface area contributed by atoms with Gasteiger partial charge in [-0.25, -0.2) is 0 Å². The summed E-state index contributed by atoms with van der Waals surface area (Å²) in [5, 5.41) is 3.37. The lowest BCUT2D eigenvalue weighted by Gasteiger charge is -2.20. The van der Waals surface area contributed by atoms with E-state index in [1.54, 1.807) is 0 Å². The largest absolute Gasteiger partial charge is 0.485 e. The maximum atomic E-state index is 6.22. The normalized spacial score (nSPS) is 12.2.